The van der Waals surface area contributed by atoms with Gasteiger partial charge in [0.25, 0.3) is 5.91 Å². The van der Waals surface area contributed by atoms with Gasteiger partial charge in [-0.2, -0.15) is 0 Å². The number of pyridine rings is 1. The van der Waals surface area contributed by atoms with Crippen molar-refractivity contribution in [2.45, 2.75) is 25.4 Å². The normalized spacial score (nSPS) is 16.4. The molecule has 1 aromatic heterocycles. The van der Waals surface area contributed by atoms with Crippen molar-refractivity contribution in [3.05, 3.63) is 78.0 Å². The zero-order chi connectivity index (χ0) is 22.6. The minimum atomic E-state index is -0.474. The van der Waals surface area contributed by atoms with E-state index >= 15 is 0 Å². The molecule has 1 aliphatic heterocycles. The summed E-state index contributed by atoms with van der Waals surface area (Å²) in [6.07, 6.45) is 3.75. The summed E-state index contributed by atoms with van der Waals surface area (Å²) in [5.41, 5.74) is 10.2. The van der Waals surface area contributed by atoms with Gasteiger partial charge in [-0.05, 0) is 42.7 Å². The predicted molar refractivity (Wildman–Crippen MR) is 130 cm³/mol. The molecule has 0 spiro atoms. The van der Waals surface area contributed by atoms with Gasteiger partial charge in [0.2, 0.25) is 0 Å². The van der Waals surface area contributed by atoms with Crippen molar-refractivity contribution >= 4 is 28.8 Å². The zero-order valence-electron chi connectivity index (χ0n) is 18.6. The fourth-order valence-corrected chi connectivity index (χ4v) is 4.28. The zero-order valence-corrected chi connectivity index (χ0v) is 18.6. The van der Waals surface area contributed by atoms with Crippen LogP contribution in [0, 0.1) is 0 Å². The summed E-state index contributed by atoms with van der Waals surface area (Å²) in [6, 6.07) is 20.8. The van der Waals surface area contributed by atoms with Crippen molar-refractivity contribution < 1.29 is 9.53 Å². The third-order valence-electron chi connectivity index (χ3n) is 6.06. The average molecular weight is 444 g/mol. The smallest absolute Gasteiger partial charge is 0.252 e. The molecule has 170 valence electrons. The van der Waals surface area contributed by atoms with E-state index in [2.05, 4.69) is 50.4 Å². The number of anilines is 4. The number of hydrogen-bond acceptors (Lipinski definition) is 6. The van der Waals surface area contributed by atoms with Crippen molar-refractivity contribution in [3.8, 4) is 0 Å². The summed E-state index contributed by atoms with van der Waals surface area (Å²) < 4.78 is 5.45. The van der Waals surface area contributed by atoms with Crippen LogP contribution in [0.15, 0.2) is 66.9 Å². The highest BCUT2D eigenvalue weighted by Crippen LogP contribution is 2.40. The first-order chi connectivity index (χ1) is 16.2. The van der Waals surface area contributed by atoms with Crippen molar-refractivity contribution in [1.82, 2.24) is 9.88 Å². The SMILES string of the molecule is NC(=O)c1cnc(Nc2cccc(CN3CCOCC3)c2)cc1N(c1ccccc1)C1CC1. The fourth-order valence-electron chi connectivity index (χ4n) is 4.28. The van der Waals surface area contributed by atoms with E-state index in [4.69, 9.17) is 10.5 Å². The van der Waals surface area contributed by atoms with Gasteiger partial charge in [-0.25, -0.2) is 4.98 Å². The molecule has 1 saturated heterocycles. The molecule has 0 unspecified atom stereocenters. The van der Waals surface area contributed by atoms with Crippen LogP contribution in [0.25, 0.3) is 0 Å². The first-order valence-corrected chi connectivity index (χ1v) is 11.5. The van der Waals surface area contributed by atoms with E-state index in [0.717, 1.165) is 62.8 Å². The lowest BCUT2D eigenvalue weighted by Crippen LogP contribution is -2.35. The lowest BCUT2D eigenvalue weighted by Gasteiger charge is -2.27. The molecule has 0 bridgehead atoms. The van der Waals surface area contributed by atoms with Crippen LogP contribution in [0.4, 0.5) is 22.9 Å². The van der Waals surface area contributed by atoms with Crippen molar-refractivity contribution in [2.24, 2.45) is 5.73 Å². The Morgan fingerprint density at radius 1 is 1.09 bits per heavy atom. The molecule has 2 fully saturated rings. The Morgan fingerprint density at radius 3 is 2.61 bits per heavy atom. The van der Waals surface area contributed by atoms with Gasteiger partial charge in [0.05, 0.1) is 24.5 Å². The van der Waals surface area contributed by atoms with Crippen LogP contribution in [-0.2, 0) is 11.3 Å². The van der Waals surface area contributed by atoms with Gasteiger partial charge in [0.15, 0.2) is 0 Å². The maximum atomic E-state index is 12.2. The Kier molecular flexibility index (Phi) is 6.24. The van der Waals surface area contributed by atoms with E-state index in [0.29, 0.717) is 17.4 Å². The molecule has 7 heteroatoms. The summed E-state index contributed by atoms with van der Waals surface area (Å²) in [5.74, 6) is 0.207. The number of carbonyl (C=O) groups is 1. The van der Waals surface area contributed by atoms with Crippen molar-refractivity contribution in [2.75, 3.05) is 36.5 Å². The van der Waals surface area contributed by atoms with Crippen LogP contribution in [-0.4, -0.2) is 48.1 Å². The second kappa shape index (κ2) is 9.60. The predicted octanol–water partition coefficient (Wildman–Crippen LogP) is 4.06. The summed E-state index contributed by atoms with van der Waals surface area (Å²) in [4.78, 5) is 21.3. The van der Waals surface area contributed by atoms with Crippen LogP contribution >= 0.6 is 0 Å². The van der Waals surface area contributed by atoms with Crippen LogP contribution in [0.2, 0.25) is 0 Å². The molecule has 3 aromatic rings. The molecule has 0 atom stereocenters. The van der Waals surface area contributed by atoms with Gasteiger partial charge in [0.1, 0.15) is 5.82 Å². The molecule has 3 N–H and O–H groups in total. The number of rotatable bonds is 8. The molecule has 5 rings (SSSR count). The Balaban J connectivity index is 1.42. The molecule has 7 nitrogen and oxygen atoms in total. The average Bonchev–Trinajstić information content (AvgIpc) is 3.66. The largest absolute Gasteiger partial charge is 0.379 e. The first kappa shape index (κ1) is 21.4. The minimum absolute atomic E-state index is 0.359. The fraction of sp³-hybridized carbons (Fsp3) is 0.308. The number of carbonyl (C=O) groups excluding carboxylic acids is 1. The van der Waals surface area contributed by atoms with E-state index in [-0.39, 0.29) is 0 Å². The molecule has 1 amide bonds. The number of amides is 1. The number of morpholine rings is 1. The second-order valence-electron chi connectivity index (χ2n) is 8.60. The summed E-state index contributed by atoms with van der Waals surface area (Å²) in [5, 5.41) is 3.42. The molecule has 2 aliphatic rings. The first-order valence-electron chi connectivity index (χ1n) is 11.5. The minimum Gasteiger partial charge on any atom is -0.379 e. The monoisotopic (exact) mass is 443 g/mol. The van der Waals surface area contributed by atoms with Gasteiger partial charge in [0, 0.05) is 49.3 Å². The summed E-state index contributed by atoms with van der Waals surface area (Å²) in [6.45, 7) is 4.37. The Morgan fingerprint density at radius 2 is 1.88 bits per heavy atom. The lowest BCUT2D eigenvalue weighted by molar-refractivity contribution is 0.0342. The van der Waals surface area contributed by atoms with E-state index in [1.54, 1.807) is 6.20 Å². The molecular formula is C26H29N5O2. The number of ether oxygens (including phenoxy) is 1. The number of benzene rings is 2. The van der Waals surface area contributed by atoms with Gasteiger partial charge in [-0.3, -0.25) is 9.69 Å². The number of para-hydroxylation sites is 1. The van der Waals surface area contributed by atoms with Crippen molar-refractivity contribution in [3.63, 3.8) is 0 Å². The van der Waals surface area contributed by atoms with Gasteiger partial charge in [-0.15, -0.1) is 0 Å². The van der Waals surface area contributed by atoms with Crippen LogP contribution in [0.5, 0.6) is 0 Å². The Labute approximate surface area is 194 Å². The van der Waals surface area contributed by atoms with Crippen LogP contribution in [0.1, 0.15) is 28.8 Å². The van der Waals surface area contributed by atoms with Crippen molar-refractivity contribution in [1.29, 1.82) is 0 Å². The van der Waals surface area contributed by atoms with Gasteiger partial charge in [-0.1, -0.05) is 30.3 Å². The number of nitrogens with one attached hydrogen (secondary N) is 1. The molecule has 0 radical (unpaired) electrons. The van der Waals surface area contributed by atoms with Crippen LogP contribution < -0.4 is 16.0 Å². The Bertz CT molecular complexity index is 1110. The van der Waals surface area contributed by atoms with Gasteiger partial charge < -0.3 is 20.7 Å². The summed E-state index contributed by atoms with van der Waals surface area (Å²) in [7, 11) is 0. The molecule has 1 saturated carbocycles. The third kappa shape index (κ3) is 5.16. The number of nitrogens with two attached hydrogens (primary N) is 1. The van der Waals surface area contributed by atoms with E-state index in [1.807, 2.05) is 30.3 Å². The van der Waals surface area contributed by atoms with Crippen LogP contribution in [0.3, 0.4) is 0 Å². The standard InChI is InChI=1S/C26H29N5O2/c27-26(32)23-17-28-25(16-24(23)31(22-9-10-22)21-7-2-1-3-8-21)29-20-6-4-5-19(15-20)18-30-11-13-33-14-12-30/h1-8,15-17,22H,9-14,18H2,(H2,27,32)(H,28,29). The second-order valence-corrected chi connectivity index (χ2v) is 8.60. The molecule has 33 heavy (non-hydrogen) atoms. The Hall–Kier alpha value is -3.42. The molecule has 2 aromatic carbocycles. The highest BCUT2D eigenvalue weighted by molar-refractivity contribution is 6.00. The molecule has 2 heterocycles. The summed E-state index contributed by atoms with van der Waals surface area (Å²) >= 11 is 0. The molecular weight excluding hydrogens is 414 g/mol. The number of aromatic nitrogens is 1. The number of hydrogen-bond donors (Lipinski definition) is 2. The lowest BCUT2D eigenvalue weighted by atomic mass is 10.1. The quantitative estimate of drug-likeness (QED) is 0.546. The van der Waals surface area contributed by atoms with Gasteiger partial charge >= 0.3 is 0 Å². The van der Waals surface area contributed by atoms with E-state index in [9.17, 15) is 4.79 Å². The highest BCUT2D eigenvalue weighted by atomic mass is 16.5. The van der Waals surface area contributed by atoms with E-state index < -0.39 is 5.91 Å². The topological polar surface area (TPSA) is 83.7 Å². The maximum absolute atomic E-state index is 12.2. The van der Waals surface area contributed by atoms with E-state index in [1.165, 1.54) is 5.56 Å². The number of nitrogens with zero attached hydrogens (tertiary/aromatic N) is 3. The highest BCUT2D eigenvalue weighted by Gasteiger charge is 2.32. The maximum Gasteiger partial charge on any atom is 0.252 e. The molecule has 1 aliphatic carbocycles. The number of primary amides is 1. The third-order valence-corrected chi connectivity index (χ3v) is 6.06.